The van der Waals surface area contributed by atoms with E-state index in [1.807, 2.05) is 6.21 Å². The van der Waals surface area contributed by atoms with Crippen molar-refractivity contribution in [2.75, 3.05) is 7.11 Å². The highest BCUT2D eigenvalue weighted by atomic mass is 16.6. The van der Waals surface area contributed by atoms with Crippen LogP contribution < -0.4 is 0 Å². The topological polar surface area (TPSA) is 21.6 Å². The SMILES string of the molecule is CCC=CCCC(C)C=NOC. The van der Waals surface area contributed by atoms with Crippen LogP contribution >= 0.6 is 0 Å². The Labute approximate surface area is 75.3 Å². The van der Waals surface area contributed by atoms with E-state index < -0.39 is 0 Å². The monoisotopic (exact) mass is 169 g/mol. The van der Waals surface area contributed by atoms with Gasteiger partial charge in [0.15, 0.2) is 0 Å². The molecule has 2 nitrogen and oxygen atoms in total. The van der Waals surface area contributed by atoms with Crippen molar-refractivity contribution in [1.29, 1.82) is 0 Å². The molecular formula is C10H19NO. The summed E-state index contributed by atoms with van der Waals surface area (Å²) in [6, 6.07) is 0. The van der Waals surface area contributed by atoms with Crippen LogP contribution in [-0.4, -0.2) is 13.3 Å². The first-order chi connectivity index (χ1) is 5.81. The molecular weight excluding hydrogens is 150 g/mol. The van der Waals surface area contributed by atoms with Crippen molar-refractivity contribution in [2.45, 2.75) is 33.1 Å². The number of hydrogen-bond donors (Lipinski definition) is 0. The Morgan fingerprint density at radius 2 is 2.17 bits per heavy atom. The van der Waals surface area contributed by atoms with E-state index in [1.165, 1.54) is 0 Å². The van der Waals surface area contributed by atoms with Crippen LogP contribution in [0.2, 0.25) is 0 Å². The van der Waals surface area contributed by atoms with Crippen LogP contribution in [0.5, 0.6) is 0 Å². The summed E-state index contributed by atoms with van der Waals surface area (Å²) < 4.78 is 0. The molecule has 0 fully saturated rings. The first-order valence-corrected chi connectivity index (χ1v) is 4.52. The molecule has 1 unspecified atom stereocenters. The Morgan fingerprint density at radius 1 is 1.42 bits per heavy atom. The molecule has 0 aromatic heterocycles. The van der Waals surface area contributed by atoms with Gasteiger partial charge in [-0.25, -0.2) is 0 Å². The van der Waals surface area contributed by atoms with Crippen LogP contribution in [0.1, 0.15) is 33.1 Å². The number of rotatable bonds is 6. The summed E-state index contributed by atoms with van der Waals surface area (Å²) in [7, 11) is 1.57. The minimum absolute atomic E-state index is 0.506. The standard InChI is InChI=1S/C10H19NO/c1-4-5-6-7-8-10(2)9-11-12-3/h5-6,9-10H,4,7-8H2,1-3H3. The lowest BCUT2D eigenvalue weighted by Gasteiger charge is -2.00. The first kappa shape index (κ1) is 11.2. The van der Waals surface area contributed by atoms with Gasteiger partial charge in [0, 0.05) is 6.21 Å². The maximum atomic E-state index is 4.59. The molecule has 0 saturated heterocycles. The Bertz CT molecular complexity index is 141. The largest absolute Gasteiger partial charge is 0.399 e. The Balaban J connectivity index is 3.37. The zero-order valence-corrected chi connectivity index (χ0v) is 8.29. The predicted molar refractivity (Wildman–Crippen MR) is 53.3 cm³/mol. The van der Waals surface area contributed by atoms with Crippen LogP contribution in [0.3, 0.4) is 0 Å². The fourth-order valence-corrected chi connectivity index (χ4v) is 0.883. The van der Waals surface area contributed by atoms with Gasteiger partial charge in [0.1, 0.15) is 7.11 Å². The summed E-state index contributed by atoms with van der Waals surface area (Å²) in [5.74, 6) is 0.506. The maximum absolute atomic E-state index is 4.59. The normalized spacial score (nSPS) is 14.2. The lowest BCUT2D eigenvalue weighted by molar-refractivity contribution is 0.213. The van der Waals surface area contributed by atoms with Crippen molar-refractivity contribution in [3.63, 3.8) is 0 Å². The van der Waals surface area contributed by atoms with E-state index in [0.717, 1.165) is 19.3 Å². The average molecular weight is 169 g/mol. The third-order valence-corrected chi connectivity index (χ3v) is 1.61. The number of nitrogens with zero attached hydrogens (tertiary/aromatic N) is 1. The predicted octanol–water partition coefficient (Wildman–Crippen LogP) is 3.00. The van der Waals surface area contributed by atoms with Crippen molar-refractivity contribution in [3.8, 4) is 0 Å². The molecule has 0 aliphatic carbocycles. The third-order valence-electron chi connectivity index (χ3n) is 1.61. The van der Waals surface area contributed by atoms with Gasteiger partial charge in [-0.2, -0.15) is 0 Å². The van der Waals surface area contributed by atoms with Crippen molar-refractivity contribution < 1.29 is 4.84 Å². The Morgan fingerprint density at radius 3 is 2.75 bits per heavy atom. The molecule has 0 bridgehead atoms. The van der Waals surface area contributed by atoms with Crippen LogP contribution in [0.25, 0.3) is 0 Å². The second-order valence-corrected chi connectivity index (χ2v) is 2.87. The second kappa shape index (κ2) is 8.31. The van der Waals surface area contributed by atoms with Crippen molar-refractivity contribution in [3.05, 3.63) is 12.2 Å². The minimum Gasteiger partial charge on any atom is -0.399 e. The summed E-state index contributed by atoms with van der Waals surface area (Å²) in [6.45, 7) is 4.29. The van der Waals surface area contributed by atoms with Gasteiger partial charge in [0.2, 0.25) is 0 Å². The lowest BCUT2D eigenvalue weighted by atomic mass is 10.1. The lowest BCUT2D eigenvalue weighted by Crippen LogP contribution is -1.94. The van der Waals surface area contributed by atoms with Crippen molar-refractivity contribution in [1.82, 2.24) is 0 Å². The van der Waals surface area contributed by atoms with Gasteiger partial charge < -0.3 is 4.84 Å². The summed E-state index contributed by atoms with van der Waals surface area (Å²) in [5.41, 5.74) is 0. The van der Waals surface area contributed by atoms with E-state index >= 15 is 0 Å². The molecule has 0 aliphatic rings. The highest BCUT2D eigenvalue weighted by Gasteiger charge is 1.94. The fourth-order valence-electron chi connectivity index (χ4n) is 0.883. The molecule has 0 heterocycles. The summed E-state index contributed by atoms with van der Waals surface area (Å²) in [5, 5.41) is 3.72. The molecule has 0 radical (unpaired) electrons. The molecule has 70 valence electrons. The van der Waals surface area contributed by atoms with E-state index in [4.69, 9.17) is 0 Å². The number of allylic oxidation sites excluding steroid dienone is 2. The molecule has 0 aromatic carbocycles. The van der Waals surface area contributed by atoms with Gasteiger partial charge in [-0.05, 0) is 25.2 Å². The van der Waals surface area contributed by atoms with Gasteiger partial charge in [-0.1, -0.05) is 31.2 Å². The zero-order valence-electron chi connectivity index (χ0n) is 8.29. The molecule has 0 aliphatic heterocycles. The molecule has 0 rings (SSSR count). The molecule has 12 heavy (non-hydrogen) atoms. The zero-order chi connectivity index (χ0) is 9.23. The molecule has 1 atom stereocenters. The minimum atomic E-state index is 0.506. The van der Waals surface area contributed by atoms with Crippen LogP contribution in [0.4, 0.5) is 0 Å². The molecule has 0 spiro atoms. The van der Waals surface area contributed by atoms with E-state index in [9.17, 15) is 0 Å². The highest BCUT2D eigenvalue weighted by molar-refractivity contribution is 5.59. The number of hydrogen-bond acceptors (Lipinski definition) is 2. The van der Waals surface area contributed by atoms with Crippen molar-refractivity contribution >= 4 is 6.21 Å². The van der Waals surface area contributed by atoms with Gasteiger partial charge >= 0.3 is 0 Å². The van der Waals surface area contributed by atoms with E-state index in [2.05, 4.69) is 36.0 Å². The van der Waals surface area contributed by atoms with E-state index in [-0.39, 0.29) is 0 Å². The van der Waals surface area contributed by atoms with Crippen LogP contribution in [0, 0.1) is 5.92 Å². The quantitative estimate of drug-likeness (QED) is 0.340. The summed E-state index contributed by atoms with van der Waals surface area (Å²) in [6.07, 6.45) is 9.66. The first-order valence-electron chi connectivity index (χ1n) is 4.52. The Hall–Kier alpha value is -0.790. The smallest absolute Gasteiger partial charge is 0.106 e. The van der Waals surface area contributed by atoms with Gasteiger partial charge in [-0.3, -0.25) is 0 Å². The van der Waals surface area contributed by atoms with Gasteiger partial charge in [0.25, 0.3) is 0 Å². The van der Waals surface area contributed by atoms with Crippen LogP contribution in [0.15, 0.2) is 17.3 Å². The van der Waals surface area contributed by atoms with Gasteiger partial charge in [0.05, 0.1) is 0 Å². The average Bonchev–Trinajstić information content (AvgIpc) is 2.09. The van der Waals surface area contributed by atoms with Gasteiger partial charge in [-0.15, -0.1) is 0 Å². The molecule has 0 aromatic rings. The van der Waals surface area contributed by atoms with E-state index in [0.29, 0.717) is 5.92 Å². The summed E-state index contributed by atoms with van der Waals surface area (Å²) in [4.78, 5) is 4.59. The Kier molecular flexibility index (Phi) is 7.76. The highest BCUT2D eigenvalue weighted by Crippen LogP contribution is 2.03. The van der Waals surface area contributed by atoms with Crippen LogP contribution in [-0.2, 0) is 4.84 Å². The molecule has 0 amide bonds. The molecule has 2 heteroatoms. The summed E-state index contributed by atoms with van der Waals surface area (Å²) >= 11 is 0. The number of oxime groups is 1. The third kappa shape index (κ3) is 7.32. The molecule has 0 N–H and O–H groups in total. The van der Waals surface area contributed by atoms with E-state index in [1.54, 1.807) is 7.11 Å². The fraction of sp³-hybridized carbons (Fsp3) is 0.700. The maximum Gasteiger partial charge on any atom is 0.106 e. The van der Waals surface area contributed by atoms with Crippen molar-refractivity contribution in [2.24, 2.45) is 11.1 Å². The molecule has 0 saturated carbocycles. The second-order valence-electron chi connectivity index (χ2n) is 2.87.